The molecule has 0 saturated heterocycles. The molecule has 0 aliphatic heterocycles. The van der Waals surface area contributed by atoms with Crippen LogP contribution >= 0.6 is 0 Å². The number of amides is 1. The number of aromatic nitrogens is 5. The highest BCUT2D eigenvalue weighted by atomic mass is 16.5. The number of hydrogen-bond acceptors (Lipinski definition) is 6. The van der Waals surface area contributed by atoms with Crippen LogP contribution in [0.1, 0.15) is 47.3 Å². The third kappa shape index (κ3) is 2.79. The predicted octanol–water partition coefficient (Wildman–Crippen LogP) is 1.82. The lowest BCUT2D eigenvalue weighted by Gasteiger charge is -2.17. The van der Waals surface area contributed by atoms with Crippen LogP contribution in [0.4, 0.5) is 0 Å². The van der Waals surface area contributed by atoms with E-state index in [4.69, 9.17) is 4.52 Å². The molecular weight excluding hydrogens is 296 g/mol. The second-order valence-electron chi connectivity index (χ2n) is 5.74. The molecule has 3 rings (SSSR count). The number of carbonyl (C=O) groups is 1. The molecule has 120 valence electrons. The van der Waals surface area contributed by atoms with Gasteiger partial charge in [-0.25, -0.2) is 4.98 Å². The Hall–Kier alpha value is -2.77. The molecule has 0 radical (unpaired) electrons. The van der Waals surface area contributed by atoms with Crippen molar-refractivity contribution in [3.05, 3.63) is 41.3 Å². The first kappa shape index (κ1) is 15.1. The fourth-order valence-electron chi connectivity index (χ4n) is 2.44. The first-order valence-electron chi connectivity index (χ1n) is 7.34. The third-order valence-electron chi connectivity index (χ3n) is 3.54. The normalized spacial score (nSPS) is 11.3. The van der Waals surface area contributed by atoms with Crippen molar-refractivity contribution in [2.75, 3.05) is 7.05 Å². The lowest BCUT2D eigenvalue weighted by Crippen LogP contribution is -2.28. The van der Waals surface area contributed by atoms with Crippen LogP contribution in [0.25, 0.3) is 5.78 Å². The molecule has 3 heterocycles. The molecule has 3 aromatic rings. The Labute approximate surface area is 133 Å². The van der Waals surface area contributed by atoms with Gasteiger partial charge in [0.1, 0.15) is 17.8 Å². The van der Waals surface area contributed by atoms with Gasteiger partial charge in [0.2, 0.25) is 0 Å². The van der Waals surface area contributed by atoms with Crippen molar-refractivity contribution in [2.45, 2.75) is 33.2 Å². The molecule has 0 atom stereocenters. The van der Waals surface area contributed by atoms with Crippen LogP contribution in [0, 0.1) is 6.92 Å². The fraction of sp³-hybridized carbons (Fsp3) is 0.400. The summed E-state index contributed by atoms with van der Waals surface area (Å²) in [4.78, 5) is 22.6. The third-order valence-corrected chi connectivity index (χ3v) is 3.54. The topological polar surface area (TPSA) is 89.4 Å². The maximum Gasteiger partial charge on any atom is 0.272 e. The van der Waals surface area contributed by atoms with E-state index in [9.17, 15) is 4.79 Å². The van der Waals surface area contributed by atoms with E-state index in [-0.39, 0.29) is 11.8 Å². The summed E-state index contributed by atoms with van der Waals surface area (Å²) in [5.74, 6) is 1.05. The van der Waals surface area contributed by atoms with Crippen molar-refractivity contribution in [2.24, 2.45) is 0 Å². The van der Waals surface area contributed by atoms with Gasteiger partial charge in [0.05, 0.1) is 12.2 Å². The number of nitrogens with zero attached hydrogens (tertiary/aromatic N) is 6. The first-order chi connectivity index (χ1) is 11.0. The van der Waals surface area contributed by atoms with Crippen LogP contribution in [-0.4, -0.2) is 42.6 Å². The molecule has 8 nitrogen and oxygen atoms in total. The number of fused-ring (bicyclic) bond motifs is 1. The second kappa shape index (κ2) is 5.79. The van der Waals surface area contributed by atoms with Crippen LogP contribution in [0.2, 0.25) is 0 Å². The highest BCUT2D eigenvalue weighted by molar-refractivity contribution is 5.92. The summed E-state index contributed by atoms with van der Waals surface area (Å²) in [7, 11) is 1.73. The molecule has 0 unspecified atom stereocenters. The summed E-state index contributed by atoms with van der Waals surface area (Å²) >= 11 is 0. The Morgan fingerprint density at radius 2 is 2.22 bits per heavy atom. The fourth-order valence-corrected chi connectivity index (χ4v) is 2.44. The molecule has 0 aliphatic rings. The summed E-state index contributed by atoms with van der Waals surface area (Å²) in [6.07, 6.45) is 3.14. The quantitative estimate of drug-likeness (QED) is 0.729. The summed E-state index contributed by atoms with van der Waals surface area (Å²) in [6.45, 7) is 6.24. The van der Waals surface area contributed by atoms with Crippen LogP contribution < -0.4 is 0 Å². The summed E-state index contributed by atoms with van der Waals surface area (Å²) in [5.41, 5.74) is 2.18. The molecule has 0 N–H and O–H groups in total. The zero-order valence-corrected chi connectivity index (χ0v) is 13.5. The van der Waals surface area contributed by atoms with Crippen LogP contribution in [0.5, 0.6) is 0 Å². The largest absolute Gasteiger partial charge is 0.364 e. The Kier molecular flexibility index (Phi) is 3.81. The van der Waals surface area contributed by atoms with Gasteiger partial charge in [0.25, 0.3) is 11.7 Å². The molecule has 3 aromatic heterocycles. The monoisotopic (exact) mass is 314 g/mol. The van der Waals surface area contributed by atoms with Gasteiger partial charge in [0, 0.05) is 18.8 Å². The number of rotatable bonds is 4. The summed E-state index contributed by atoms with van der Waals surface area (Å²) in [6, 6.07) is 1.64. The minimum Gasteiger partial charge on any atom is -0.364 e. The van der Waals surface area contributed by atoms with Crippen LogP contribution in [0.15, 0.2) is 23.0 Å². The van der Waals surface area contributed by atoms with E-state index < -0.39 is 0 Å². The minimum absolute atomic E-state index is 0.168. The average molecular weight is 314 g/mol. The standard InChI is InChI=1S/C15H18N6O2/c1-9(2)13-11(8-23-19-13)7-20(4)14(22)12-5-6-16-15-17-10(3)18-21(12)15/h5-6,8-9H,7H2,1-4H3. The predicted molar refractivity (Wildman–Crippen MR) is 81.9 cm³/mol. The molecule has 8 heteroatoms. The van der Waals surface area contributed by atoms with Gasteiger partial charge >= 0.3 is 0 Å². The van der Waals surface area contributed by atoms with Gasteiger partial charge < -0.3 is 9.42 Å². The van der Waals surface area contributed by atoms with Crippen molar-refractivity contribution in [3.63, 3.8) is 0 Å². The van der Waals surface area contributed by atoms with Crippen molar-refractivity contribution in [1.82, 2.24) is 29.6 Å². The van der Waals surface area contributed by atoms with E-state index >= 15 is 0 Å². The van der Waals surface area contributed by atoms with E-state index in [1.807, 2.05) is 13.8 Å². The zero-order chi connectivity index (χ0) is 16.6. The maximum absolute atomic E-state index is 12.7. The molecule has 0 bridgehead atoms. The Morgan fingerprint density at radius 3 is 2.96 bits per heavy atom. The minimum atomic E-state index is -0.168. The first-order valence-corrected chi connectivity index (χ1v) is 7.34. The molecule has 23 heavy (non-hydrogen) atoms. The Morgan fingerprint density at radius 1 is 1.43 bits per heavy atom. The summed E-state index contributed by atoms with van der Waals surface area (Å²) < 4.78 is 6.50. The molecule has 0 aliphatic carbocycles. The van der Waals surface area contributed by atoms with Gasteiger partial charge in [-0.05, 0) is 18.9 Å². The van der Waals surface area contributed by atoms with Crippen molar-refractivity contribution in [3.8, 4) is 0 Å². The number of hydrogen-bond donors (Lipinski definition) is 0. The number of aryl methyl sites for hydroxylation is 1. The Bertz CT molecular complexity index is 851. The van der Waals surface area contributed by atoms with E-state index in [1.165, 1.54) is 4.52 Å². The van der Waals surface area contributed by atoms with Gasteiger partial charge in [-0.15, -0.1) is 5.10 Å². The van der Waals surface area contributed by atoms with E-state index in [2.05, 4.69) is 20.2 Å². The van der Waals surface area contributed by atoms with Gasteiger partial charge in [-0.3, -0.25) is 4.79 Å². The molecule has 0 saturated carbocycles. The summed E-state index contributed by atoms with van der Waals surface area (Å²) in [5, 5.41) is 8.23. The van der Waals surface area contributed by atoms with Crippen LogP contribution in [0.3, 0.4) is 0 Å². The highest BCUT2D eigenvalue weighted by Crippen LogP contribution is 2.19. The van der Waals surface area contributed by atoms with Gasteiger partial charge in [0.15, 0.2) is 0 Å². The Balaban J connectivity index is 1.88. The van der Waals surface area contributed by atoms with Gasteiger partial charge in [-0.1, -0.05) is 19.0 Å². The molecule has 0 fully saturated rings. The van der Waals surface area contributed by atoms with Crippen LogP contribution in [-0.2, 0) is 6.54 Å². The lowest BCUT2D eigenvalue weighted by molar-refractivity contribution is 0.0775. The molecule has 0 aromatic carbocycles. The number of carbonyl (C=O) groups excluding carboxylic acids is 1. The second-order valence-corrected chi connectivity index (χ2v) is 5.74. The van der Waals surface area contributed by atoms with Crippen molar-refractivity contribution in [1.29, 1.82) is 0 Å². The lowest BCUT2D eigenvalue weighted by atomic mass is 10.1. The van der Waals surface area contributed by atoms with E-state index in [0.717, 1.165) is 11.3 Å². The van der Waals surface area contributed by atoms with Crippen molar-refractivity contribution < 1.29 is 9.32 Å². The highest BCUT2D eigenvalue weighted by Gasteiger charge is 2.20. The molecule has 0 spiro atoms. The average Bonchev–Trinajstić information content (AvgIpc) is 3.11. The maximum atomic E-state index is 12.7. The van der Waals surface area contributed by atoms with E-state index in [1.54, 1.807) is 37.4 Å². The van der Waals surface area contributed by atoms with E-state index in [0.29, 0.717) is 23.8 Å². The molecular formula is C15H18N6O2. The van der Waals surface area contributed by atoms with Gasteiger partial charge in [-0.2, -0.15) is 9.50 Å². The smallest absolute Gasteiger partial charge is 0.272 e. The molecule has 1 amide bonds. The zero-order valence-electron chi connectivity index (χ0n) is 13.5. The SMILES string of the molecule is Cc1nc2nccc(C(=O)N(C)Cc3conc3C(C)C)n2n1. The van der Waals surface area contributed by atoms with Crippen molar-refractivity contribution >= 4 is 11.7 Å².